The van der Waals surface area contributed by atoms with Crippen molar-refractivity contribution in [3.63, 3.8) is 0 Å². The molecule has 1 amide bonds. The van der Waals surface area contributed by atoms with Gasteiger partial charge >= 0.3 is 0 Å². The Morgan fingerprint density at radius 2 is 1.93 bits per heavy atom. The quantitative estimate of drug-likeness (QED) is 0.760. The number of rotatable bonds is 5. The lowest BCUT2D eigenvalue weighted by Crippen LogP contribution is -2.49. The van der Waals surface area contributed by atoms with Crippen LogP contribution in [0.4, 0.5) is 0 Å². The molecule has 1 aromatic carbocycles. The Labute approximate surface area is 178 Å². The number of fused-ring (bicyclic) bond motifs is 2. The molecule has 0 radical (unpaired) electrons. The standard InChI is InChI=1S/C25H31N3O2/c1-4-26(5-2)25(30)19-11-21-20-7-6-8-22-24(20)18(15-28(22)16(3)29)12-23(21)27(14-19)13-17-9-10-17/h6-8,11,15,17,19,23H,4-5,9-10,12-14H2,1-3H3/t19-,23-/m1/s1. The van der Waals surface area contributed by atoms with Crippen LogP contribution >= 0.6 is 0 Å². The summed E-state index contributed by atoms with van der Waals surface area (Å²) in [4.78, 5) is 30.0. The van der Waals surface area contributed by atoms with E-state index >= 15 is 0 Å². The molecule has 2 heterocycles. The zero-order chi connectivity index (χ0) is 21.0. The van der Waals surface area contributed by atoms with Gasteiger partial charge in [0.15, 0.2) is 0 Å². The molecule has 0 N–H and O–H groups in total. The molecule has 0 spiro atoms. The van der Waals surface area contributed by atoms with Crippen molar-refractivity contribution in [1.82, 2.24) is 14.4 Å². The van der Waals surface area contributed by atoms with Gasteiger partial charge in [-0.2, -0.15) is 0 Å². The summed E-state index contributed by atoms with van der Waals surface area (Å²) in [5.41, 5.74) is 4.73. The van der Waals surface area contributed by atoms with E-state index in [0.29, 0.717) is 6.04 Å². The van der Waals surface area contributed by atoms with Gasteiger partial charge < -0.3 is 4.90 Å². The first-order valence-electron chi connectivity index (χ1n) is 11.4. The predicted octanol–water partition coefficient (Wildman–Crippen LogP) is 3.82. The van der Waals surface area contributed by atoms with Crippen LogP contribution in [0.5, 0.6) is 0 Å². The van der Waals surface area contributed by atoms with Gasteiger partial charge in [0.05, 0.1) is 11.4 Å². The molecule has 0 unspecified atom stereocenters. The highest BCUT2D eigenvalue weighted by Gasteiger charge is 2.40. The van der Waals surface area contributed by atoms with Gasteiger partial charge in [0, 0.05) is 50.7 Å². The molecular formula is C25H31N3O2. The first kappa shape index (κ1) is 19.6. The molecule has 1 fully saturated rings. The fourth-order valence-corrected chi connectivity index (χ4v) is 5.45. The number of carbonyl (C=O) groups is 2. The van der Waals surface area contributed by atoms with E-state index < -0.39 is 0 Å². The van der Waals surface area contributed by atoms with Crippen molar-refractivity contribution in [3.8, 4) is 0 Å². The smallest absolute Gasteiger partial charge is 0.230 e. The van der Waals surface area contributed by atoms with E-state index in [1.54, 1.807) is 11.5 Å². The van der Waals surface area contributed by atoms with E-state index in [9.17, 15) is 9.59 Å². The molecule has 5 heteroatoms. The van der Waals surface area contributed by atoms with Gasteiger partial charge in [-0.05, 0) is 61.8 Å². The average molecular weight is 406 g/mol. The summed E-state index contributed by atoms with van der Waals surface area (Å²) in [5.74, 6) is 0.965. The molecular weight excluding hydrogens is 374 g/mol. The van der Waals surface area contributed by atoms with Crippen LogP contribution in [0.2, 0.25) is 0 Å². The number of hydrogen-bond acceptors (Lipinski definition) is 3. The summed E-state index contributed by atoms with van der Waals surface area (Å²) in [6.07, 6.45) is 7.81. The van der Waals surface area contributed by atoms with Crippen molar-refractivity contribution in [1.29, 1.82) is 0 Å². The monoisotopic (exact) mass is 405 g/mol. The van der Waals surface area contributed by atoms with E-state index in [-0.39, 0.29) is 17.7 Å². The first-order valence-corrected chi connectivity index (χ1v) is 11.4. The van der Waals surface area contributed by atoms with Gasteiger partial charge in [-0.25, -0.2) is 0 Å². The Morgan fingerprint density at radius 3 is 2.60 bits per heavy atom. The molecule has 5 rings (SSSR count). The van der Waals surface area contributed by atoms with Gasteiger partial charge in [-0.15, -0.1) is 0 Å². The first-order chi connectivity index (χ1) is 14.5. The van der Waals surface area contributed by atoms with E-state index in [0.717, 1.165) is 44.0 Å². The zero-order valence-corrected chi connectivity index (χ0v) is 18.2. The SMILES string of the molecule is CCN(CC)C(=O)[C@@H]1C=C2c3cccc4c3c(cn4C(C)=O)C[C@H]2N(CC2CC2)C1. The Kier molecular flexibility index (Phi) is 4.81. The summed E-state index contributed by atoms with van der Waals surface area (Å²) < 4.78 is 1.79. The lowest BCUT2D eigenvalue weighted by Gasteiger charge is -2.42. The van der Waals surface area contributed by atoms with Crippen molar-refractivity contribution in [2.75, 3.05) is 26.2 Å². The number of hydrogen-bond donors (Lipinski definition) is 0. The number of benzene rings is 1. The fraction of sp³-hybridized carbons (Fsp3) is 0.520. The molecule has 158 valence electrons. The average Bonchev–Trinajstić information content (AvgIpc) is 3.48. The Bertz CT molecular complexity index is 1040. The number of nitrogens with zero attached hydrogens (tertiary/aromatic N) is 3. The second-order valence-corrected chi connectivity index (χ2v) is 9.10. The minimum absolute atomic E-state index is 0.0478. The van der Waals surface area contributed by atoms with E-state index in [1.807, 2.05) is 23.2 Å². The molecule has 1 saturated carbocycles. The van der Waals surface area contributed by atoms with Gasteiger partial charge in [0.2, 0.25) is 11.8 Å². The molecule has 0 bridgehead atoms. The highest BCUT2D eigenvalue weighted by Crippen LogP contribution is 2.43. The summed E-state index contributed by atoms with van der Waals surface area (Å²) >= 11 is 0. The number of carbonyl (C=O) groups excluding carboxylic acids is 2. The van der Waals surface area contributed by atoms with Crippen LogP contribution in [0.25, 0.3) is 16.5 Å². The summed E-state index contributed by atoms with van der Waals surface area (Å²) in [6.45, 7) is 9.12. The van der Waals surface area contributed by atoms with Gasteiger partial charge in [0.25, 0.3) is 0 Å². The largest absolute Gasteiger partial charge is 0.343 e. The maximum atomic E-state index is 13.3. The minimum atomic E-state index is -0.0957. The third kappa shape index (κ3) is 3.11. The van der Waals surface area contributed by atoms with Crippen LogP contribution in [0, 0.1) is 11.8 Å². The Hall–Kier alpha value is -2.40. The molecule has 3 aliphatic rings. The summed E-state index contributed by atoms with van der Waals surface area (Å²) in [5, 5.41) is 1.19. The van der Waals surface area contributed by atoms with Crippen LogP contribution in [-0.2, 0) is 11.2 Å². The lowest BCUT2D eigenvalue weighted by molar-refractivity contribution is -0.134. The Morgan fingerprint density at radius 1 is 1.17 bits per heavy atom. The molecule has 30 heavy (non-hydrogen) atoms. The zero-order valence-electron chi connectivity index (χ0n) is 18.2. The molecule has 5 nitrogen and oxygen atoms in total. The van der Waals surface area contributed by atoms with Crippen molar-refractivity contribution < 1.29 is 9.59 Å². The molecule has 1 aromatic heterocycles. The van der Waals surface area contributed by atoms with E-state index in [4.69, 9.17) is 0 Å². The van der Waals surface area contributed by atoms with E-state index in [1.165, 1.54) is 34.9 Å². The second-order valence-electron chi connectivity index (χ2n) is 9.10. The van der Waals surface area contributed by atoms with Crippen molar-refractivity contribution in [3.05, 3.63) is 41.6 Å². The maximum absolute atomic E-state index is 13.3. The van der Waals surface area contributed by atoms with Crippen LogP contribution in [0.15, 0.2) is 30.5 Å². The summed E-state index contributed by atoms with van der Waals surface area (Å²) in [6, 6.07) is 6.56. The molecule has 1 aliphatic heterocycles. The van der Waals surface area contributed by atoms with Crippen molar-refractivity contribution in [2.24, 2.45) is 11.8 Å². The van der Waals surface area contributed by atoms with Crippen LogP contribution in [-0.4, -0.2) is 58.4 Å². The molecule has 2 aromatic rings. The third-order valence-electron chi connectivity index (χ3n) is 7.17. The van der Waals surface area contributed by atoms with Gasteiger partial charge in [-0.3, -0.25) is 19.1 Å². The normalized spacial score (nSPS) is 23.2. The van der Waals surface area contributed by atoms with Crippen molar-refractivity contribution in [2.45, 2.75) is 46.1 Å². The Balaban J connectivity index is 1.62. The third-order valence-corrected chi connectivity index (χ3v) is 7.17. The van der Waals surface area contributed by atoms with E-state index in [2.05, 4.69) is 30.9 Å². The fourth-order valence-electron chi connectivity index (χ4n) is 5.45. The van der Waals surface area contributed by atoms with Crippen LogP contribution < -0.4 is 0 Å². The lowest BCUT2D eigenvalue weighted by atomic mass is 9.79. The topological polar surface area (TPSA) is 45.6 Å². The number of aromatic nitrogens is 1. The number of amides is 1. The second kappa shape index (κ2) is 7.38. The van der Waals surface area contributed by atoms with Gasteiger partial charge in [0.1, 0.15) is 0 Å². The molecule has 0 saturated heterocycles. The molecule has 2 atom stereocenters. The van der Waals surface area contributed by atoms with Crippen molar-refractivity contribution >= 4 is 28.3 Å². The highest BCUT2D eigenvalue weighted by molar-refractivity contribution is 6.03. The maximum Gasteiger partial charge on any atom is 0.230 e. The van der Waals surface area contributed by atoms with Crippen LogP contribution in [0.3, 0.4) is 0 Å². The summed E-state index contributed by atoms with van der Waals surface area (Å²) in [7, 11) is 0. The van der Waals surface area contributed by atoms with Gasteiger partial charge in [-0.1, -0.05) is 18.2 Å². The highest BCUT2D eigenvalue weighted by atomic mass is 16.2. The minimum Gasteiger partial charge on any atom is -0.343 e. The molecule has 2 aliphatic carbocycles. The van der Waals surface area contributed by atoms with Crippen LogP contribution in [0.1, 0.15) is 49.5 Å². The predicted molar refractivity (Wildman–Crippen MR) is 119 cm³/mol.